The number of likely N-dealkylation sites (tertiary alicyclic amines) is 1. The van der Waals surface area contributed by atoms with Crippen molar-refractivity contribution in [2.75, 3.05) is 17.8 Å². The molecule has 1 amide bonds. The number of sulfonamides is 1. The summed E-state index contributed by atoms with van der Waals surface area (Å²) in [5.41, 5.74) is 0.862. The molecule has 2 aliphatic heterocycles. The molecule has 1 saturated heterocycles. The van der Waals surface area contributed by atoms with Gasteiger partial charge in [0.05, 0.1) is 0 Å². The molecule has 0 saturated carbocycles. The molecule has 2 atom stereocenters. The maximum atomic E-state index is 13.2. The summed E-state index contributed by atoms with van der Waals surface area (Å²) in [7, 11) is -3.82. The van der Waals surface area contributed by atoms with Gasteiger partial charge in [0.15, 0.2) is 0 Å². The van der Waals surface area contributed by atoms with E-state index in [-0.39, 0.29) is 33.2 Å². The number of hydrogen-bond donors (Lipinski definition) is 1. The molecule has 3 aromatic rings. The zero-order valence-electron chi connectivity index (χ0n) is 16.9. The SMILES string of the molecule is O=C(c1ccc(F)cc1)N1C[C@H]2C[C@H](C1)c1ccc(NS(=O)(=O)c3cccs3)c(=O)n1C2. The molecule has 0 spiro atoms. The molecule has 2 aromatic heterocycles. The number of hydrogen-bond acceptors (Lipinski definition) is 5. The van der Waals surface area contributed by atoms with E-state index in [0.29, 0.717) is 25.2 Å². The standard InChI is InChI=1S/C22H20FN3O4S2/c23-17-5-3-15(4-6-17)21(27)25-11-14-10-16(13-25)19-8-7-18(22(28)26(19)12-14)24-32(29,30)20-2-1-9-31-20/h1-9,14,16,24H,10-13H2/t14-,16-/m1/s1. The Labute approximate surface area is 188 Å². The van der Waals surface area contributed by atoms with Crippen molar-refractivity contribution < 1.29 is 17.6 Å². The van der Waals surface area contributed by atoms with Crippen LogP contribution in [0.1, 0.15) is 28.4 Å². The number of thiophene rings is 1. The molecular formula is C22H20FN3O4S2. The molecule has 10 heteroatoms. The van der Waals surface area contributed by atoms with Crippen LogP contribution in [0.4, 0.5) is 10.1 Å². The van der Waals surface area contributed by atoms with Gasteiger partial charge in [0.2, 0.25) is 0 Å². The maximum Gasteiger partial charge on any atom is 0.275 e. The van der Waals surface area contributed by atoms with Gasteiger partial charge in [-0.3, -0.25) is 14.3 Å². The van der Waals surface area contributed by atoms with Crippen LogP contribution in [-0.2, 0) is 16.6 Å². The normalized spacial score (nSPS) is 20.0. The summed E-state index contributed by atoms with van der Waals surface area (Å²) in [5, 5.41) is 1.66. The number of carbonyl (C=O) groups excluding carboxylic acids is 1. The fraction of sp³-hybridized carbons (Fsp3) is 0.273. The number of nitrogens with one attached hydrogen (secondary N) is 1. The molecule has 4 heterocycles. The molecular weight excluding hydrogens is 453 g/mol. The number of fused-ring (bicyclic) bond motifs is 4. The van der Waals surface area contributed by atoms with Gasteiger partial charge in [-0.25, -0.2) is 12.8 Å². The Kier molecular flexibility index (Phi) is 5.13. The zero-order chi connectivity index (χ0) is 22.5. The number of nitrogens with zero attached hydrogens (tertiary/aromatic N) is 2. The number of aromatic nitrogens is 1. The first-order valence-electron chi connectivity index (χ1n) is 10.2. The van der Waals surface area contributed by atoms with Crippen LogP contribution in [0.2, 0.25) is 0 Å². The minimum atomic E-state index is -3.82. The third kappa shape index (κ3) is 3.73. The van der Waals surface area contributed by atoms with Gasteiger partial charge in [-0.05, 0) is 60.2 Å². The van der Waals surface area contributed by atoms with Crippen molar-refractivity contribution in [3.8, 4) is 0 Å². The van der Waals surface area contributed by atoms with Crippen LogP contribution in [0, 0.1) is 11.7 Å². The van der Waals surface area contributed by atoms with Gasteiger partial charge in [0.25, 0.3) is 21.5 Å². The van der Waals surface area contributed by atoms with Crippen LogP contribution in [0.5, 0.6) is 0 Å². The van der Waals surface area contributed by atoms with E-state index in [1.54, 1.807) is 27.0 Å². The third-order valence-electron chi connectivity index (χ3n) is 5.99. The van der Waals surface area contributed by atoms with Gasteiger partial charge in [-0.1, -0.05) is 6.07 Å². The van der Waals surface area contributed by atoms with E-state index in [9.17, 15) is 22.4 Å². The topological polar surface area (TPSA) is 88.5 Å². The van der Waals surface area contributed by atoms with E-state index in [0.717, 1.165) is 23.5 Å². The van der Waals surface area contributed by atoms with Gasteiger partial charge in [-0.15, -0.1) is 11.3 Å². The van der Waals surface area contributed by atoms with Crippen molar-refractivity contribution in [3.63, 3.8) is 0 Å². The van der Waals surface area contributed by atoms with Gasteiger partial charge in [0, 0.05) is 36.8 Å². The molecule has 7 nitrogen and oxygen atoms in total. The predicted octanol–water partition coefficient (Wildman–Crippen LogP) is 3.11. The van der Waals surface area contributed by atoms with Crippen LogP contribution in [0.25, 0.3) is 0 Å². The van der Waals surface area contributed by atoms with Gasteiger partial charge in [-0.2, -0.15) is 0 Å². The van der Waals surface area contributed by atoms with Crippen molar-refractivity contribution in [1.29, 1.82) is 0 Å². The van der Waals surface area contributed by atoms with E-state index in [1.807, 2.05) is 0 Å². The molecule has 0 unspecified atom stereocenters. The second-order valence-electron chi connectivity index (χ2n) is 8.14. The Morgan fingerprint density at radius 1 is 1.06 bits per heavy atom. The zero-order valence-corrected chi connectivity index (χ0v) is 18.5. The highest BCUT2D eigenvalue weighted by Crippen LogP contribution is 2.36. The first kappa shape index (κ1) is 20.9. The number of pyridine rings is 1. The summed E-state index contributed by atoms with van der Waals surface area (Å²) in [6.45, 7) is 1.35. The second-order valence-corrected chi connectivity index (χ2v) is 11.0. The van der Waals surface area contributed by atoms with E-state index >= 15 is 0 Å². The number of carbonyl (C=O) groups is 1. The van der Waals surface area contributed by atoms with Crippen LogP contribution in [0.15, 0.2) is 62.9 Å². The van der Waals surface area contributed by atoms with E-state index in [4.69, 9.17) is 0 Å². The van der Waals surface area contributed by atoms with Crippen LogP contribution in [0.3, 0.4) is 0 Å². The highest BCUT2D eigenvalue weighted by molar-refractivity contribution is 7.94. The smallest absolute Gasteiger partial charge is 0.275 e. The van der Waals surface area contributed by atoms with Gasteiger partial charge in [0.1, 0.15) is 15.7 Å². The number of piperidine rings is 1. The first-order chi connectivity index (χ1) is 15.3. The Morgan fingerprint density at radius 3 is 2.56 bits per heavy atom. The molecule has 166 valence electrons. The average molecular weight is 474 g/mol. The predicted molar refractivity (Wildman–Crippen MR) is 119 cm³/mol. The van der Waals surface area contributed by atoms with Crippen molar-refractivity contribution in [1.82, 2.24) is 9.47 Å². The van der Waals surface area contributed by atoms with Crippen LogP contribution in [-0.4, -0.2) is 36.9 Å². The van der Waals surface area contributed by atoms with Crippen molar-refractivity contribution >= 4 is 33.0 Å². The van der Waals surface area contributed by atoms with Crippen molar-refractivity contribution in [2.45, 2.75) is 23.1 Å². The Morgan fingerprint density at radius 2 is 1.84 bits per heavy atom. The lowest BCUT2D eigenvalue weighted by molar-refractivity contribution is 0.0594. The summed E-state index contributed by atoms with van der Waals surface area (Å²) in [4.78, 5) is 27.7. The fourth-order valence-corrected chi connectivity index (χ4v) is 6.63. The molecule has 32 heavy (non-hydrogen) atoms. The summed E-state index contributed by atoms with van der Waals surface area (Å²) in [6.07, 6.45) is 0.854. The minimum Gasteiger partial charge on any atom is -0.338 e. The molecule has 0 radical (unpaired) electrons. The first-order valence-corrected chi connectivity index (χ1v) is 12.5. The second kappa shape index (κ2) is 7.86. The molecule has 1 N–H and O–H groups in total. The van der Waals surface area contributed by atoms with Crippen molar-refractivity contribution in [3.05, 3.63) is 81.3 Å². The highest BCUT2D eigenvalue weighted by atomic mass is 32.2. The average Bonchev–Trinajstić information content (AvgIpc) is 3.32. The quantitative estimate of drug-likeness (QED) is 0.631. The Bertz CT molecular complexity index is 1330. The molecule has 1 fully saturated rings. The highest BCUT2D eigenvalue weighted by Gasteiger charge is 2.37. The number of amides is 1. The number of halogens is 1. The number of rotatable bonds is 4. The molecule has 2 bridgehead atoms. The third-order valence-corrected chi connectivity index (χ3v) is 8.75. The molecule has 5 rings (SSSR count). The number of benzene rings is 1. The van der Waals surface area contributed by atoms with E-state index in [2.05, 4.69) is 4.72 Å². The maximum absolute atomic E-state index is 13.2. The summed E-state index contributed by atoms with van der Waals surface area (Å²) in [5.74, 6) is -0.498. The lowest BCUT2D eigenvalue weighted by Gasteiger charge is -2.43. The Hall–Kier alpha value is -2.98. The summed E-state index contributed by atoms with van der Waals surface area (Å²) in [6, 6.07) is 11.9. The lowest BCUT2D eigenvalue weighted by atomic mass is 9.83. The molecule has 1 aromatic carbocycles. The number of anilines is 1. The van der Waals surface area contributed by atoms with Gasteiger partial charge >= 0.3 is 0 Å². The monoisotopic (exact) mass is 473 g/mol. The molecule has 2 aliphatic rings. The lowest BCUT2D eigenvalue weighted by Crippen LogP contribution is -2.49. The largest absolute Gasteiger partial charge is 0.338 e. The van der Waals surface area contributed by atoms with E-state index < -0.39 is 15.8 Å². The molecule has 0 aliphatic carbocycles. The van der Waals surface area contributed by atoms with Crippen LogP contribution >= 0.6 is 11.3 Å². The summed E-state index contributed by atoms with van der Waals surface area (Å²) >= 11 is 1.08. The van der Waals surface area contributed by atoms with Gasteiger partial charge < -0.3 is 9.47 Å². The fourth-order valence-electron chi connectivity index (χ4n) is 4.58. The summed E-state index contributed by atoms with van der Waals surface area (Å²) < 4.78 is 42.5. The minimum absolute atomic E-state index is 0.0152. The van der Waals surface area contributed by atoms with Crippen molar-refractivity contribution in [2.24, 2.45) is 5.92 Å². The van der Waals surface area contributed by atoms with Crippen LogP contribution < -0.4 is 10.3 Å². The van der Waals surface area contributed by atoms with E-state index in [1.165, 1.54) is 36.4 Å². The Balaban J connectivity index is 1.41.